The van der Waals surface area contributed by atoms with Gasteiger partial charge < -0.3 is 4.74 Å². The number of para-hydroxylation sites is 2. The molecule has 3 heteroatoms. The highest BCUT2D eigenvalue weighted by Crippen LogP contribution is 2.45. The number of carbonyl (C=O) groups excluding carboxylic acids is 1. The van der Waals surface area contributed by atoms with Gasteiger partial charge in [-0.15, -0.1) is 0 Å². The molecule has 1 unspecified atom stereocenters. The number of carbonyl (C=O) groups is 1. The summed E-state index contributed by atoms with van der Waals surface area (Å²) in [6.07, 6.45) is 0. The number of Topliss-reactive ketones (excluding diaryl/α,β-unsaturated/α-hetero) is 1. The molecule has 0 saturated carbocycles. The lowest BCUT2D eigenvalue weighted by Gasteiger charge is -2.23. The molecule has 2 nitrogen and oxygen atoms in total. The average molecular weight is 383 g/mol. The zero-order chi connectivity index (χ0) is 19.1. The average Bonchev–Trinajstić information content (AvgIpc) is 2.76. The van der Waals surface area contributed by atoms with Crippen LogP contribution in [0.1, 0.15) is 17.3 Å². The minimum atomic E-state index is -0.378. The lowest BCUT2D eigenvalue weighted by molar-refractivity contribution is 0.0993. The van der Waals surface area contributed by atoms with E-state index in [0.717, 1.165) is 37.6 Å². The van der Waals surface area contributed by atoms with Crippen molar-refractivity contribution in [3.63, 3.8) is 0 Å². The van der Waals surface area contributed by atoms with Crippen LogP contribution < -0.4 is 4.74 Å². The maximum atomic E-state index is 13.5. The minimum Gasteiger partial charge on any atom is -0.447 e. The van der Waals surface area contributed by atoms with Crippen LogP contribution in [0, 0.1) is 0 Å². The van der Waals surface area contributed by atoms with E-state index in [0.29, 0.717) is 0 Å². The van der Waals surface area contributed by atoms with Crippen LogP contribution in [0.2, 0.25) is 0 Å². The van der Waals surface area contributed by atoms with Crippen LogP contribution in [0.25, 0.3) is 10.8 Å². The first kappa shape index (κ1) is 17.1. The lowest BCUT2D eigenvalue weighted by Crippen LogP contribution is -2.30. The Kier molecular flexibility index (Phi) is 4.18. The summed E-state index contributed by atoms with van der Waals surface area (Å²) >= 11 is 0. The SMILES string of the molecule is CC(C(=O)c1ccc2ccccc2c1)[S+]1c2ccccc2Oc2ccccc21. The first-order valence-electron chi connectivity index (χ1n) is 9.34. The highest BCUT2D eigenvalue weighted by Gasteiger charge is 2.44. The summed E-state index contributed by atoms with van der Waals surface area (Å²) in [5.41, 5.74) is 0.764. The van der Waals surface area contributed by atoms with Gasteiger partial charge in [-0.25, -0.2) is 0 Å². The summed E-state index contributed by atoms with van der Waals surface area (Å²) in [5.74, 6) is 1.87. The Morgan fingerprint density at radius 2 is 1.32 bits per heavy atom. The number of benzene rings is 4. The van der Waals surface area contributed by atoms with Crippen molar-refractivity contribution >= 4 is 27.5 Å². The number of fused-ring (bicyclic) bond motifs is 3. The Hall–Kier alpha value is -3.04. The maximum absolute atomic E-state index is 13.5. The third-order valence-electron chi connectivity index (χ3n) is 5.15. The first-order chi connectivity index (χ1) is 13.7. The van der Waals surface area contributed by atoms with Crippen molar-refractivity contribution in [2.75, 3.05) is 0 Å². The molecule has 1 aliphatic heterocycles. The second-order valence-corrected chi connectivity index (χ2v) is 9.16. The molecule has 0 fully saturated rings. The van der Waals surface area contributed by atoms with Crippen LogP contribution in [0.15, 0.2) is 101 Å². The molecule has 1 atom stereocenters. The van der Waals surface area contributed by atoms with Gasteiger partial charge in [0.2, 0.25) is 15.6 Å². The predicted molar refractivity (Wildman–Crippen MR) is 115 cm³/mol. The summed E-state index contributed by atoms with van der Waals surface area (Å²) in [6, 6.07) is 30.3. The van der Waals surface area contributed by atoms with Crippen molar-refractivity contribution in [2.24, 2.45) is 0 Å². The third-order valence-corrected chi connectivity index (χ3v) is 7.69. The molecule has 1 aliphatic rings. The van der Waals surface area contributed by atoms with Crippen molar-refractivity contribution in [1.82, 2.24) is 0 Å². The molecule has 0 radical (unpaired) electrons. The first-order valence-corrected chi connectivity index (χ1v) is 10.6. The number of hydrogen-bond acceptors (Lipinski definition) is 2. The molecule has 0 amide bonds. The zero-order valence-corrected chi connectivity index (χ0v) is 16.3. The van der Waals surface area contributed by atoms with Crippen molar-refractivity contribution < 1.29 is 9.53 Å². The van der Waals surface area contributed by atoms with E-state index in [4.69, 9.17) is 4.74 Å². The summed E-state index contributed by atoms with van der Waals surface area (Å²) in [7, 11) is -0.378. The Balaban J connectivity index is 1.59. The van der Waals surface area contributed by atoms with Gasteiger partial charge in [0.25, 0.3) is 0 Å². The summed E-state index contributed by atoms with van der Waals surface area (Å²) < 4.78 is 6.10. The third kappa shape index (κ3) is 2.79. The number of hydrogen-bond donors (Lipinski definition) is 0. The maximum Gasteiger partial charge on any atom is 0.215 e. The quantitative estimate of drug-likeness (QED) is 0.309. The molecule has 28 heavy (non-hydrogen) atoms. The van der Waals surface area contributed by atoms with Gasteiger partial charge in [-0.1, -0.05) is 60.7 Å². The van der Waals surface area contributed by atoms with E-state index in [1.54, 1.807) is 0 Å². The van der Waals surface area contributed by atoms with E-state index in [2.05, 4.69) is 24.3 Å². The van der Waals surface area contributed by atoms with Gasteiger partial charge in [-0.05, 0) is 48.0 Å². The smallest absolute Gasteiger partial charge is 0.215 e. The van der Waals surface area contributed by atoms with E-state index >= 15 is 0 Å². The Labute approximate surface area is 167 Å². The standard InChI is InChI=1S/C25H19O2S/c1-17(25(26)20-15-14-18-8-2-3-9-19(18)16-20)28-23-12-6-4-10-21(23)27-22-11-5-7-13-24(22)28/h2-17H,1H3/q+1. The molecule has 1 heterocycles. The van der Waals surface area contributed by atoms with E-state index in [-0.39, 0.29) is 21.9 Å². The number of ketones is 1. The normalized spacial score (nSPS) is 14.0. The van der Waals surface area contributed by atoms with Gasteiger partial charge >= 0.3 is 0 Å². The number of ether oxygens (including phenoxy) is 1. The van der Waals surface area contributed by atoms with Gasteiger partial charge in [0.05, 0.1) is 10.9 Å². The van der Waals surface area contributed by atoms with Gasteiger partial charge in [0, 0.05) is 5.56 Å². The highest BCUT2D eigenvalue weighted by molar-refractivity contribution is 7.98. The van der Waals surface area contributed by atoms with E-state index in [9.17, 15) is 4.79 Å². The van der Waals surface area contributed by atoms with Crippen LogP contribution in [0.4, 0.5) is 0 Å². The predicted octanol–water partition coefficient (Wildman–Crippen LogP) is 6.25. The van der Waals surface area contributed by atoms with Crippen LogP contribution in [-0.2, 0) is 10.9 Å². The fourth-order valence-electron chi connectivity index (χ4n) is 3.73. The van der Waals surface area contributed by atoms with Crippen LogP contribution in [0.3, 0.4) is 0 Å². The topological polar surface area (TPSA) is 26.3 Å². The molecule has 0 saturated heterocycles. The Bertz CT molecular complexity index is 1150. The molecule has 0 spiro atoms. The van der Waals surface area contributed by atoms with Gasteiger partial charge in [-0.2, -0.15) is 0 Å². The molecule has 4 aromatic carbocycles. The molecule has 0 aromatic heterocycles. The van der Waals surface area contributed by atoms with Crippen molar-refractivity contribution in [2.45, 2.75) is 22.0 Å². The number of rotatable bonds is 3. The van der Waals surface area contributed by atoms with Gasteiger partial charge in [-0.3, -0.25) is 4.79 Å². The summed E-state index contributed by atoms with van der Waals surface area (Å²) in [5, 5.41) is 2.07. The highest BCUT2D eigenvalue weighted by atomic mass is 32.2. The van der Waals surface area contributed by atoms with Crippen LogP contribution >= 0.6 is 0 Å². The van der Waals surface area contributed by atoms with E-state index in [1.807, 2.05) is 73.7 Å². The van der Waals surface area contributed by atoms with Crippen molar-refractivity contribution in [3.05, 3.63) is 96.6 Å². The molecule has 136 valence electrons. The molecule has 0 bridgehead atoms. The monoisotopic (exact) mass is 383 g/mol. The second-order valence-electron chi connectivity index (χ2n) is 6.90. The lowest BCUT2D eigenvalue weighted by atomic mass is 10.0. The molecule has 4 aromatic rings. The molecular weight excluding hydrogens is 364 g/mol. The molecule has 5 rings (SSSR count). The summed E-state index contributed by atoms with van der Waals surface area (Å²) in [4.78, 5) is 15.7. The van der Waals surface area contributed by atoms with Crippen LogP contribution in [-0.4, -0.2) is 11.0 Å². The fraction of sp³-hybridized carbons (Fsp3) is 0.0800. The zero-order valence-electron chi connectivity index (χ0n) is 15.5. The summed E-state index contributed by atoms with van der Waals surface area (Å²) in [6.45, 7) is 2.04. The Morgan fingerprint density at radius 3 is 2.00 bits per heavy atom. The van der Waals surface area contributed by atoms with E-state index < -0.39 is 0 Å². The molecule has 0 aliphatic carbocycles. The van der Waals surface area contributed by atoms with Crippen LogP contribution in [0.5, 0.6) is 11.5 Å². The van der Waals surface area contributed by atoms with Gasteiger partial charge in [0.15, 0.2) is 16.7 Å². The molecule has 0 N–H and O–H groups in total. The fourth-order valence-corrected chi connectivity index (χ4v) is 6.19. The van der Waals surface area contributed by atoms with E-state index in [1.165, 1.54) is 0 Å². The second kappa shape index (κ2) is 6.84. The largest absolute Gasteiger partial charge is 0.447 e. The minimum absolute atomic E-state index is 0.167. The Morgan fingerprint density at radius 1 is 0.750 bits per heavy atom. The van der Waals surface area contributed by atoms with Crippen molar-refractivity contribution in [1.29, 1.82) is 0 Å². The van der Waals surface area contributed by atoms with Gasteiger partial charge in [0.1, 0.15) is 0 Å². The molecular formula is C25H19O2S+. The van der Waals surface area contributed by atoms with Crippen molar-refractivity contribution in [3.8, 4) is 11.5 Å².